The van der Waals surface area contributed by atoms with Crippen molar-refractivity contribution in [3.05, 3.63) is 35.1 Å². The average molecular weight is 347 g/mol. The van der Waals surface area contributed by atoms with E-state index in [-0.39, 0.29) is 24.4 Å². The van der Waals surface area contributed by atoms with E-state index in [0.717, 1.165) is 6.07 Å². The molecule has 0 aliphatic carbocycles. The number of amides is 1. The first-order chi connectivity index (χ1) is 11.2. The number of halogens is 4. The highest BCUT2D eigenvalue weighted by atomic mass is 19.4. The molecule has 1 aromatic carbocycles. The van der Waals surface area contributed by atoms with Crippen LogP contribution in [0.15, 0.2) is 18.2 Å². The molecule has 1 atom stereocenters. The van der Waals surface area contributed by atoms with E-state index in [0.29, 0.717) is 37.9 Å². The fourth-order valence-electron chi connectivity index (χ4n) is 2.88. The zero-order valence-electron chi connectivity index (χ0n) is 12.8. The Kier molecular flexibility index (Phi) is 5.46. The number of rotatable bonds is 3. The van der Waals surface area contributed by atoms with Crippen LogP contribution in [0.25, 0.3) is 0 Å². The number of nitrogens with zero attached hydrogens (tertiary/aromatic N) is 1. The first-order valence-electron chi connectivity index (χ1n) is 7.56. The van der Waals surface area contributed by atoms with E-state index in [2.05, 4.69) is 0 Å². The van der Waals surface area contributed by atoms with Gasteiger partial charge < -0.3 is 10.0 Å². The van der Waals surface area contributed by atoms with Crippen LogP contribution < -0.4 is 0 Å². The van der Waals surface area contributed by atoms with Gasteiger partial charge in [-0.2, -0.15) is 13.2 Å². The molecule has 1 unspecified atom stereocenters. The van der Waals surface area contributed by atoms with Crippen LogP contribution in [0.2, 0.25) is 0 Å². The topological polar surface area (TPSA) is 57.6 Å². The summed E-state index contributed by atoms with van der Waals surface area (Å²) < 4.78 is 51.6. The minimum Gasteiger partial charge on any atom is -0.481 e. The smallest absolute Gasteiger partial charge is 0.419 e. The van der Waals surface area contributed by atoms with Crippen LogP contribution >= 0.6 is 0 Å². The number of hydrogen-bond acceptors (Lipinski definition) is 2. The van der Waals surface area contributed by atoms with Crippen molar-refractivity contribution in [2.45, 2.75) is 31.9 Å². The summed E-state index contributed by atoms with van der Waals surface area (Å²) in [5.74, 6) is -2.99. The Morgan fingerprint density at radius 1 is 1.21 bits per heavy atom. The third-order valence-corrected chi connectivity index (χ3v) is 4.12. The lowest BCUT2D eigenvalue weighted by atomic mass is 9.97. The lowest BCUT2D eigenvalue weighted by Gasteiger charge is -2.21. The van der Waals surface area contributed by atoms with Gasteiger partial charge in [0.25, 0.3) is 5.91 Å². The van der Waals surface area contributed by atoms with E-state index in [1.165, 1.54) is 4.90 Å². The average Bonchev–Trinajstić information content (AvgIpc) is 2.71. The van der Waals surface area contributed by atoms with Crippen molar-refractivity contribution < 1.29 is 32.3 Å². The summed E-state index contributed by atoms with van der Waals surface area (Å²) in [5, 5.41) is 8.82. The van der Waals surface area contributed by atoms with Crippen molar-refractivity contribution in [3.63, 3.8) is 0 Å². The van der Waals surface area contributed by atoms with E-state index < -0.39 is 29.4 Å². The predicted molar refractivity (Wildman–Crippen MR) is 76.9 cm³/mol. The van der Waals surface area contributed by atoms with E-state index in [4.69, 9.17) is 5.11 Å². The summed E-state index contributed by atoms with van der Waals surface area (Å²) in [7, 11) is 0. The molecule has 24 heavy (non-hydrogen) atoms. The molecule has 0 aromatic heterocycles. The fraction of sp³-hybridized carbons (Fsp3) is 0.500. The minimum atomic E-state index is -4.87. The van der Waals surface area contributed by atoms with E-state index in [1.807, 2.05) is 0 Å². The maximum atomic E-state index is 13.3. The van der Waals surface area contributed by atoms with Gasteiger partial charge in [0.2, 0.25) is 0 Å². The summed E-state index contributed by atoms with van der Waals surface area (Å²) in [6, 6.07) is 2.20. The van der Waals surface area contributed by atoms with Crippen molar-refractivity contribution in [2.75, 3.05) is 13.1 Å². The second kappa shape index (κ2) is 7.19. The Labute approximate surface area is 136 Å². The molecule has 1 aromatic rings. The first kappa shape index (κ1) is 18.2. The standard InChI is InChI=1S/C16H17F4NO3/c17-13-4-3-11(9-12(13)16(18,19)20)15(24)21-6-1-2-10(5-7-21)8-14(22)23/h3-4,9-10H,1-2,5-8H2,(H,22,23). The van der Waals surface area contributed by atoms with Gasteiger partial charge in [-0.25, -0.2) is 4.39 Å². The number of benzene rings is 1. The van der Waals surface area contributed by atoms with Crippen molar-refractivity contribution >= 4 is 11.9 Å². The third-order valence-electron chi connectivity index (χ3n) is 4.12. The summed E-state index contributed by atoms with van der Waals surface area (Å²) in [5.41, 5.74) is -1.69. The van der Waals surface area contributed by atoms with Crippen LogP contribution in [0, 0.1) is 11.7 Å². The van der Waals surface area contributed by atoms with Gasteiger partial charge in [-0.3, -0.25) is 9.59 Å². The molecular formula is C16H17F4NO3. The van der Waals surface area contributed by atoms with Gasteiger partial charge in [0, 0.05) is 25.1 Å². The molecule has 4 nitrogen and oxygen atoms in total. The molecule has 132 valence electrons. The number of hydrogen-bond donors (Lipinski definition) is 1. The van der Waals surface area contributed by atoms with E-state index >= 15 is 0 Å². The molecule has 1 saturated heterocycles. The maximum Gasteiger partial charge on any atom is 0.419 e. The number of aliphatic carboxylic acids is 1. The Hall–Kier alpha value is -2.12. The monoisotopic (exact) mass is 347 g/mol. The maximum absolute atomic E-state index is 13.3. The number of alkyl halides is 3. The zero-order valence-corrected chi connectivity index (χ0v) is 12.8. The molecule has 0 radical (unpaired) electrons. The fourth-order valence-corrected chi connectivity index (χ4v) is 2.88. The van der Waals surface area contributed by atoms with Crippen LogP contribution in [0.1, 0.15) is 41.6 Å². The van der Waals surface area contributed by atoms with Crippen LogP contribution in [-0.2, 0) is 11.0 Å². The van der Waals surface area contributed by atoms with Crippen LogP contribution in [0.5, 0.6) is 0 Å². The molecule has 1 fully saturated rings. The largest absolute Gasteiger partial charge is 0.481 e. The summed E-state index contributed by atoms with van der Waals surface area (Å²) >= 11 is 0. The lowest BCUT2D eigenvalue weighted by molar-refractivity contribution is -0.140. The number of carboxylic acids is 1. The molecule has 1 amide bonds. The second-order valence-corrected chi connectivity index (χ2v) is 5.88. The van der Waals surface area contributed by atoms with Crippen LogP contribution in [-0.4, -0.2) is 35.0 Å². The van der Waals surface area contributed by atoms with Crippen molar-refractivity contribution in [2.24, 2.45) is 5.92 Å². The predicted octanol–water partition coefficient (Wildman–Crippen LogP) is 3.56. The minimum absolute atomic E-state index is 0.0107. The Morgan fingerprint density at radius 2 is 1.92 bits per heavy atom. The van der Waals surface area contributed by atoms with Crippen molar-refractivity contribution in [3.8, 4) is 0 Å². The normalized spacial score (nSPS) is 19.0. The summed E-state index contributed by atoms with van der Waals surface area (Å²) in [6.07, 6.45) is -3.15. The number of carboxylic acid groups (broad SMARTS) is 1. The van der Waals surface area contributed by atoms with E-state index in [1.54, 1.807) is 0 Å². The van der Waals surface area contributed by atoms with Crippen LogP contribution in [0.3, 0.4) is 0 Å². The quantitative estimate of drug-likeness (QED) is 0.851. The lowest BCUT2D eigenvalue weighted by Crippen LogP contribution is -2.32. The molecule has 0 spiro atoms. The van der Waals surface area contributed by atoms with Gasteiger partial charge in [-0.1, -0.05) is 0 Å². The number of carbonyl (C=O) groups excluding carboxylic acids is 1. The molecule has 0 saturated carbocycles. The second-order valence-electron chi connectivity index (χ2n) is 5.88. The van der Waals surface area contributed by atoms with Gasteiger partial charge in [0.05, 0.1) is 5.56 Å². The number of likely N-dealkylation sites (tertiary alicyclic amines) is 1. The highest BCUT2D eigenvalue weighted by Crippen LogP contribution is 2.32. The van der Waals surface area contributed by atoms with Crippen LogP contribution in [0.4, 0.5) is 17.6 Å². The molecule has 0 bridgehead atoms. The molecule has 1 N–H and O–H groups in total. The highest BCUT2D eigenvalue weighted by molar-refractivity contribution is 5.94. The Morgan fingerprint density at radius 3 is 2.54 bits per heavy atom. The summed E-state index contributed by atoms with van der Waals surface area (Å²) in [6.45, 7) is 0.614. The SMILES string of the molecule is O=C(O)CC1CCCN(C(=O)c2ccc(F)c(C(F)(F)F)c2)CC1. The van der Waals surface area contributed by atoms with Gasteiger partial charge in [-0.05, 0) is 43.4 Å². The molecule has 8 heteroatoms. The van der Waals surface area contributed by atoms with E-state index in [9.17, 15) is 27.2 Å². The zero-order chi connectivity index (χ0) is 17.9. The number of carbonyl (C=O) groups is 2. The Bertz CT molecular complexity index is 630. The summed E-state index contributed by atoms with van der Waals surface area (Å²) in [4.78, 5) is 24.5. The van der Waals surface area contributed by atoms with Crippen molar-refractivity contribution in [1.82, 2.24) is 4.90 Å². The third kappa shape index (κ3) is 4.46. The highest BCUT2D eigenvalue weighted by Gasteiger charge is 2.35. The molecule has 1 heterocycles. The van der Waals surface area contributed by atoms with Gasteiger partial charge in [0.1, 0.15) is 5.82 Å². The first-order valence-corrected chi connectivity index (χ1v) is 7.56. The molecular weight excluding hydrogens is 330 g/mol. The molecule has 1 aliphatic heterocycles. The molecule has 1 aliphatic rings. The van der Waals surface area contributed by atoms with Gasteiger partial charge in [-0.15, -0.1) is 0 Å². The van der Waals surface area contributed by atoms with Gasteiger partial charge >= 0.3 is 12.1 Å². The Balaban J connectivity index is 2.13. The molecule has 2 rings (SSSR count). The van der Waals surface area contributed by atoms with Gasteiger partial charge in [0.15, 0.2) is 0 Å². The van der Waals surface area contributed by atoms with Crippen molar-refractivity contribution in [1.29, 1.82) is 0 Å².